The number of primary amides is 1. The highest BCUT2D eigenvalue weighted by molar-refractivity contribution is 6.30. The maximum absolute atomic E-state index is 12.2. The highest BCUT2D eigenvalue weighted by Crippen LogP contribution is 2.36. The van der Waals surface area contributed by atoms with Crippen LogP contribution in [0, 0.1) is 0 Å². The summed E-state index contributed by atoms with van der Waals surface area (Å²) >= 11 is 6.05. The van der Waals surface area contributed by atoms with Gasteiger partial charge in [-0.3, -0.25) is 4.79 Å². The molecule has 23 heavy (non-hydrogen) atoms. The number of nitrogens with two attached hydrogens (primary N) is 1. The summed E-state index contributed by atoms with van der Waals surface area (Å²) in [7, 11) is 0. The molecular formula is C17H23ClN2O3. The molecule has 2 N–H and O–H groups in total. The summed E-state index contributed by atoms with van der Waals surface area (Å²) in [6, 6.07) is 7.20. The van der Waals surface area contributed by atoms with Crippen LogP contribution in [-0.2, 0) is 14.9 Å². The lowest BCUT2D eigenvalue weighted by Gasteiger charge is -2.40. The van der Waals surface area contributed by atoms with E-state index in [1.54, 1.807) is 17.0 Å². The summed E-state index contributed by atoms with van der Waals surface area (Å²) in [5.41, 5.74) is 5.17. The van der Waals surface area contributed by atoms with Crippen molar-refractivity contribution in [1.82, 2.24) is 4.90 Å². The summed E-state index contributed by atoms with van der Waals surface area (Å²) in [6.07, 6.45) is 0.561. The Morgan fingerprint density at radius 2 is 1.87 bits per heavy atom. The molecule has 0 spiro atoms. The van der Waals surface area contributed by atoms with Gasteiger partial charge in [0.15, 0.2) is 0 Å². The fraction of sp³-hybridized carbons (Fsp3) is 0.529. The van der Waals surface area contributed by atoms with Crippen LogP contribution in [0.25, 0.3) is 0 Å². The van der Waals surface area contributed by atoms with Crippen LogP contribution in [-0.4, -0.2) is 35.6 Å². The first-order valence-corrected chi connectivity index (χ1v) is 8.06. The number of likely N-dealkylation sites (tertiary alicyclic amines) is 1. The molecule has 6 heteroatoms. The number of hydrogen-bond donors (Lipinski definition) is 1. The number of halogens is 1. The van der Waals surface area contributed by atoms with Crippen molar-refractivity contribution in [2.45, 2.75) is 44.6 Å². The molecule has 1 aromatic carbocycles. The number of amides is 2. The van der Waals surface area contributed by atoms with Gasteiger partial charge in [-0.15, -0.1) is 0 Å². The van der Waals surface area contributed by atoms with Crippen LogP contribution in [0.1, 0.15) is 39.2 Å². The lowest BCUT2D eigenvalue weighted by Crippen LogP contribution is -2.52. The van der Waals surface area contributed by atoms with Crippen molar-refractivity contribution in [3.05, 3.63) is 34.9 Å². The Hall–Kier alpha value is -1.75. The van der Waals surface area contributed by atoms with Gasteiger partial charge < -0.3 is 15.4 Å². The maximum Gasteiger partial charge on any atom is 0.410 e. The summed E-state index contributed by atoms with van der Waals surface area (Å²) in [4.78, 5) is 25.9. The van der Waals surface area contributed by atoms with E-state index in [0.29, 0.717) is 31.0 Å². The number of carbonyl (C=O) groups is 2. The number of carbonyl (C=O) groups excluding carboxylic acids is 2. The van der Waals surface area contributed by atoms with Crippen LogP contribution < -0.4 is 5.73 Å². The van der Waals surface area contributed by atoms with Crippen LogP contribution in [0.2, 0.25) is 5.02 Å². The minimum absolute atomic E-state index is 0.360. The third kappa shape index (κ3) is 3.96. The summed E-state index contributed by atoms with van der Waals surface area (Å²) in [5, 5.41) is 0.567. The fourth-order valence-corrected chi connectivity index (χ4v) is 3.05. The van der Waals surface area contributed by atoms with Crippen molar-refractivity contribution >= 4 is 23.6 Å². The zero-order chi connectivity index (χ0) is 17.3. The van der Waals surface area contributed by atoms with Gasteiger partial charge in [-0.2, -0.15) is 0 Å². The van der Waals surface area contributed by atoms with E-state index in [2.05, 4.69) is 0 Å². The van der Waals surface area contributed by atoms with Gasteiger partial charge in [-0.1, -0.05) is 23.7 Å². The van der Waals surface area contributed by atoms with Gasteiger partial charge in [0.25, 0.3) is 0 Å². The summed E-state index contributed by atoms with van der Waals surface area (Å²) in [5.74, 6) is -0.386. The Bertz CT molecular complexity index is 602. The number of nitrogens with zero attached hydrogens (tertiary/aromatic N) is 1. The molecule has 1 aliphatic rings. The SMILES string of the molecule is CC(C)(C)OC(=O)N1CCC(C(N)=O)(c2cccc(Cl)c2)CC1. The molecule has 2 amide bonds. The molecule has 126 valence electrons. The number of piperidine rings is 1. The minimum atomic E-state index is -0.788. The van der Waals surface area contributed by atoms with Crippen LogP contribution in [0.5, 0.6) is 0 Å². The van der Waals surface area contributed by atoms with Crippen LogP contribution in [0.4, 0.5) is 4.79 Å². The van der Waals surface area contributed by atoms with Gasteiger partial charge in [0.1, 0.15) is 5.60 Å². The van der Waals surface area contributed by atoms with E-state index in [1.165, 1.54) is 0 Å². The minimum Gasteiger partial charge on any atom is -0.444 e. The van der Waals surface area contributed by atoms with Gasteiger partial charge in [-0.05, 0) is 51.3 Å². The molecule has 1 fully saturated rings. The van der Waals surface area contributed by atoms with E-state index in [-0.39, 0.29) is 12.0 Å². The number of ether oxygens (including phenoxy) is 1. The number of hydrogen-bond acceptors (Lipinski definition) is 3. The van der Waals surface area contributed by atoms with Crippen molar-refractivity contribution in [3.8, 4) is 0 Å². The average Bonchev–Trinajstić information content (AvgIpc) is 2.45. The molecule has 0 aromatic heterocycles. The Kier molecular flexibility index (Phi) is 4.90. The molecule has 0 unspecified atom stereocenters. The molecule has 0 atom stereocenters. The van der Waals surface area contributed by atoms with E-state index in [0.717, 1.165) is 5.56 Å². The zero-order valence-electron chi connectivity index (χ0n) is 13.8. The highest BCUT2D eigenvalue weighted by Gasteiger charge is 2.43. The van der Waals surface area contributed by atoms with Gasteiger partial charge in [-0.25, -0.2) is 4.79 Å². The van der Waals surface area contributed by atoms with E-state index in [4.69, 9.17) is 22.1 Å². The summed E-state index contributed by atoms with van der Waals surface area (Å²) in [6.45, 7) is 6.33. The molecule has 2 rings (SSSR count). The highest BCUT2D eigenvalue weighted by atomic mass is 35.5. The quantitative estimate of drug-likeness (QED) is 0.900. The first-order chi connectivity index (χ1) is 10.6. The monoisotopic (exact) mass is 338 g/mol. The molecule has 1 heterocycles. The lowest BCUT2D eigenvalue weighted by atomic mass is 9.72. The number of benzene rings is 1. The molecule has 1 aliphatic heterocycles. The molecule has 0 radical (unpaired) electrons. The fourth-order valence-electron chi connectivity index (χ4n) is 2.86. The normalized spacial score (nSPS) is 17.7. The number of rotatable bonds is 2. The first-order valence-electron chi connectivity index (χ1n) is 7.68. The molecular weight excluding hydrogens is 316 g/mol. The van der Waals surface area contributed by atoms with Crippen LogP contribution in [0.15, 0.2) is 24.3 Å². The van der Waals surface area contributed by atoms with Crippen LogP contribution >= 0.6 is 11.6 Å². The molecule has 0 bridgehead atoms. The van der Waals surface area contributed by atoms with Crippen molar-refractivity contribution in [2.75, 3.05) is 13.1 Å². The van der Waals surface area contributed by atoms with E-state index < -0.39 is 11.0 Å². The van der Waals surface area contributed by atoms with Crippen molar-refractivity contribution in [2.24, 2.45) is 5.73 Å². The average molecular weight is 339 g/mol. The second-order valence-electron chi connectivity index (χ2n) is 6.92. The Morgan fingerprint density at radius 3 is 2.35 bits per heavy atom. The molecule has 0 aliphatic carbocycles. The van der Waals surface area contributed by atoms with Gasteiger partial charge >= 0.3 is 6.09 Å². The Labute approximate surface area is 141 Å². The van der Waals surface area contributed by atoms with Crippen molar-refractivity contribution < 1.29 is 14.3 Å². The Balaban J connectivity index is 2.16. The predicted molar refractivity (Wildman–Crippen MR) is 89.4 cm³/mol. The van der Waals surface area contributed by atoms with Gasteiger partial charge in [0.05, 0.1) is 5.41 Å². The Morgan fingerprint density at radius 1 is 1.26 bits per heavy atom. The first kappa shape index (κ1) is 17.6. The van der Waals surface area contributed by atoms with Crippen LogP contribution in [0.3, 0.4) is 0 Å². The van der Waals surface area contributed by atoms with E-state index in [9.17, 15) is 9.59 Å². The topological polar surface area (TPSA) is 72.6 Å². The molecule has 1 aromatic rings. The van der Waals surface area contributed by atoms with E-state index >= 15 is 0 Å². The third-order valence-electron chi connectivity index (χ3n) is 4.12. The standard InChI is InChI=1S/C17H23ClN2O3/c1-16(2,3)23-15(22)20-9-7-17(8-10-20,14(19)21)12-5-4-6-13(18)11-12/h4-6,11H,7-10H2,1-3H3,(H2,19,21). The second-order valence-corrected chi connectivity index (χ2v) is 7.36. The van der Waals surface area contributed by atoms with E-state index in [1.807, 2.05) is 32.9 Å². The zero-order valence-corrected chi connectivity index (χ0v) is 14.5. The summed E-state index contributed by atoms with van der Waals surface area (Å²) < 4.78 is 5.38. The smallest absolute Gasteiger partial charge is 0.410 e. The van der Waals surface area contributed by atoms with Gasteiger partial charge in [0, 0.05) is 18.1 Å². The van der Waals surface area contributed by atoms with Gasteiger partial charge in [0.2, 0.25) is 5.91 Å². The molecule has 1 saturated heterocycles. The lowest BCUT2D eigenvalue weighted by molar-refractivity contribution is -0.125. The predicted octanol–water partition coefficient (Wildman–Crippen LogP) is 3.09. The second kappa shape index (κ2) is 6.40. The third-order valence-corrected chi connectivity index (χ3v) is 4.35. The van der Waals surface area contributed by atoms with Crippen molar-refractivity contribution in [1.29, 1.82) is 0 Å². The molecule has 5 nitrogen and oxygen atoms in total. The van der Waals surface area contributed by atoms with Crippen molar-refractivity contribution in [3.63, 3.8) is 0 Å². The largest absolute Gasteiger partial charge is 0.444 e. The maximum atomic E-state index is 12.2. The molecule has 0 saturated carbocycles.